The summed E-state index contributed by atoms with van der Waals surface area (Å²) < 4.78 is 0. The Bertz CT molecular complexity index is 233. The monoisotopic (exact) mass is 167 g/mol. The van der Waals surface area contributed by atoms with Crippen LogP contribution in [0.15, 0.2) is 0 Å². The number of rotatable bonds is 1. The molecule has 1 aliphatic carbocycles. The van der Waals surface area contributed by atoms with Crippen molar-refractivity contribution in [2.75, 3.05) is 14.1 Å². The van der Waals surface area contributed by atoms with E-state index < -0.39 is 5.60 Å². The Morgan fingerprint density at radius 1 is 1.67 bits per heavy atom. The van der Waals surface area contributed by atoms with E-state index in [2.05, 4.69) is 5.92 Å². The van der Waals surface area contributed by atoms with Gasteiger partial charge in [-0.25, -0.2) is 0 Å². The van der Waals surface area contributed by atoms with Crippen molar-refractivity contribution in [3.05, 3.63) is 0 Å². The fourth-order valence-corrected chi connectivity index (χ4v) is 1.41. The van der Waals surface area contributed by atoms with Crippen molar-refractivity contribution in [2.24, 2.45) is 5.92 Å². The zero-order valence-electron chi connectivity index (χ0n) is 7.37. The van der Waals surface area contributed by atoms with Crippen molar-refractivity contribution in [3.63, 3.8) is 0 Å². The highest BCUT2D eigenvalue weighted by Crippen LogP contribution is 2.37. The normalized spacial score (nSPS) is 33.3. The second kappa shape index (κ2) is 2.80. The second-order valence-electron chi connectivity index (χ2n) is 3.51. The summed E-state index contributed by atoms with van der Waals surface area (Å²) >= 11 is 0. The number of amides is 1. The molecule has 0 bridgehead atoms. The third kappa shape index (κ3) is 1.44. The summed E-state index contributed by atoms with van der Waals surface area (Å²) in [6.45, 7) is 0. The molecule has 0 aromatic carbocycles. The maximum atomic E-state index is 11.3. The molecule has 1 amide bonds. The topological polar surface area (TPSA) is 40.5 Å². The van der Waals surface area contributed by atoms with Gasteiger partial charge >= 0.3 is 0 Å². The molecule has 3 heteroatoms. The molecule has 0 radical (unpaired) electrons. The molecule has 12 heavy (non-hydrogen) atoms. The van der Waals surface area contributed by atoms with Crippen molar-refractivity contribution in [1.82, 2.24) is 4.90 Å². The van der Waals surface area contributed by atoms with Crippen LogP contribution in [0.4, 0.5) is 0 Å². The first kappa shape index (κ1) is 9.08. The predicted octanol–water partition coefficient (Wildman–Crippen LogP) is -0.151. The lowest BCUT2D eigenvalue weighted by Gasteiger charge is -2.39. The standard InChI is InChI=1S/C9H13NO2/c1-4-9(12)5-7(6-9)8(11)10(2)3/h1,7,12H,5-6H2,2-3H3. The number of nitrogens with zero attached hydrogens (tertiary/aromatic N) is 1. The largest absolute Gasteiger partial charge is 0.378 e. The van der Waals surface area contributed by atoms with E-state index in [-0.39, 0.29) is 11.8 Å². The van der Waals surface area contributed by atoms with Crippen LogP contribution < -0.4 is 0 Å². The second-order valence-corrected chi connectivity index (χ2v) is 3.51. The number of carbonyl (C=O) groups is 1. The predicted molar refractivity (Wildman–Crippen MR) is 45.2 cm³/mol. The van der Waals surface area contributed by atoms with Crippen LogP contribution in [-0.2, 0) is 4.79 Å². The fraction of sp³-hybridized carbons (Fsp3) is 0.667. The first-order chi connectivity index (χ1) is 5.48. The van der Waals surface area contributed by atoms with E-state index in [1.54, 1.807) is 14.1 Å². The van der Waals surface area contributed by atoms with Gasteiger partial charge in [0, 0.05) is 20.0 Å². The van der Waals surface area contributed by atoms with E-state index in [1.807, 2.05) is 0 Å². The molecule has 0 saturated heterocycles. The molecule has 0 aliphatic heterocycles. The Morgan fingerprint density at radius 3 is 2.50 bits per heavy atom. The van der Waals surface area contributed by atoms with Crippen LogP contribution in [0.2, 0.25) is 0 Å². The molecule has 0 heterocycles. The van der Waals surface area contributed by atoms with E-state index in [9.17, 15) is 9.90 Å². The molecular weight excluding hydrogens is 154 g/mol. The van der Waals surface area contributed by atoms with Crippen molar-refractivity contribution in [1.29, 1.82) is 0 Å². The third-order valence-corrected chi connectivity index (χ3v) is 2.23. The van der Waals surface area contributed by atoms with Gasteiger partial charge in [0.2, 0.25) is 5.91 Å². The third-order valence-electron chi connectivity index (χ3n) is 2.23. The quantitative estimate of drug-likeness (QED) is 0.552. The van der Waals surface area contributed by atoms with Gasteiger partial charge in [-0.3, -0.25) is 4.79 Å². The molecule has 0 aromatic heterocycles. The van der Waals surface area contributed by atoms with Gasteiger partial charge in [0.15, 0.2) is 0 Å². The van der Waals surface area contributed by atoms with Crippen LogP contribution in [0, 0.1) is 18.3 Å². The van der Waals surface area contributed by atoms with Gasteiger partial charge in [-0.05, 0) is 12.8 Å². The molecule has 1 N–H and O–H groups in total. The first-order valence-corrected chi connectivity index (χ1v) is 3.90. The van der Waals surface area contributed by atoms with Gasteiger partial charge in [-0.15, -0.1) is 6.42 Å². The Kier molecular flexibility index (Phi) is 2.12. The number of terminal acetylenes is 1. The van der Waals surface area contributed by atoms with Crippen molar-refractivity contribution >= 4 is 5.91 Å². The minimum absolute atomic E-state index is 0.0509. The van der Waals surface area contributed by atoms with Gasteiger partial charge < -0.3 is 10.0 Å². The number of hydrogen-bond acceptors (Lipinski definition) is 2. The number of carbonyl (C=O) groups excluding carboxylic acids is 1. The molecule has 1 saturated carbocycles. The lowest BCUT2D eigenvalue weighted by Crippen LogP contribution is -2.48. The van der Waals surface area contributed by atoms with Gasteiger partial charge in [0.25, 0.3) is 0 Å². The van der Waals surface area contributed by atoms with Crippen molar-refractivity contribution in [3.8, 4) is 12.3 Å². The fourth-order valence-electron chi connectivity index (χ4n) is 1.41. The zero-order chi connectivity index (χ0) is 9.35. The molecule has 66 valence electrons. The highest BCUT2D eigenvalue weighted by Gasteiger charge is 2.45. The minimum Gasteiger partial charge on any atom is -0.378 e. The average Bonchev–Trinajstić information content (AvgIpc) is 1.97. The molecule has 3 nitrogen and oxygen atoms in total. The lowest BCUT2D eigenvalue weighted by molar-refractivity contribution is -0.143. The van der Waals surface area contributed by atoms with Crippen LogP contribution in [0.3, 0.4) is 0 Å². The summed E-state index contributed by atoms with van der Waals surface area (Å²) in [7, 11) is 3.41. The van der Waals surface area contributed by atoms with Crippen molar-refractivity contribution in [2.45, 2.75) is 18.4 Å². The average molecular weight is 167 g/mol. The number of hydrogen-bond donors (Lipinski definition) is 1. The zero-order valence-corrected chi connectivity index (χ0v) is 7.37. The van der Waals surface area contributed by atoms with Crippen LogP contribution >= 0.6 is 0 Å². The Morgan fingerprint density at radius 2 is 2.17 bits per heavy atom. The Hall–Kier alpha value is -1.01. The van der Waals surface area contributed by atoms with E-state index in [0.717, 1.165) is 0 Å². The van der Waals surface area contributed by atoms with Crippen LogP contribution in [0.1, 0.15) is 12.8 Å². The number of aliphatic hydroxyl groups is 1. The SMILES string of the molecule is C#CC1(O)CC(C(=O)N(C)C)C1. The van der Waals surface area contributed by atoms with Gasteiger partial charge in [0.05, 0.1) is 0 Å². The smallest absolute Gasteiger partial charge is 0.225 e. The summed E-state index contributed by atoms with van der Waals surface area (Å²) in [4.78, 5) is 12.8. The molecule has 1 aliphatic rings. The summed E-state index contributed by atoms with van der Waals surface area (Å²) in [5.41, 5.74) is -1.02. The molecule has 0 spiro atoms. The molecule has 0 unspecified atom stereocenters. The molecule has 1 rings (SSSR count). The van der Waals surface area contributed by atoms with Crippen LogP contribution in [-0.4, -0.2) is 35.6 Å². The Labute approximate surface area is 72.4 Å². The van der Waals surface area contributed by atoms with Gasteiger partial charge in [-0.1, -0.05) is 5.92 Å². The summed E-state index contributed by atoms with van der Waals surface area (Å²) in [6.07, 6.45) is 5.89. The summed E-state index contributed by atoms with van der Waals surface area (Å²) in [5, 5.41) is 9.41. The molecule has 1 fully saturated rings. The summed E-state index contributed by atoms with van der Waals surface area (Å²) in [5.74, 6) is 2.25. The van der Waals surface area contributed by atoms with Crippen LogP contribution in [0.25, 0.3) is 0 Å². The highest BCUT2D eigenvalue weighted by molar-refractivity contribution is 5.79. The van der Waals surface area contributed by atoms with Crippen LogP contribution in [0.5, 0.6) is 0 Å². The highest BCUT2D eigenvalue weighted by atomic mass is 16.3. The summed E-state index contributed by atoms with van der Waals surface area (Å²) in [6, 6.07) is 0. The van der Waals surface area contributed by atoms with E-state index in [0.29, 0.717) is 12.8 Å². The lowest BCUT2D eigenvalue weighted by atomic mass is 9.71. The van der Waals surface area contributed by atoms with Gasteiger partial charge in [-0.2, -0.15) is 0 Å². The van der Waals surface area contributed by atoms with E-state index in [4.69, 9.17) is 6.42 Å². The van der Waals surface area contributed by atoms with E-state index in [1.165, 1.54) is 4.90 Å². The van der Waals surface area contributed by atoms with Crippen molar-refractivity contribution < 1.29 is 9.90 Å². The Balaban J connectivity index is 2.46. The first-order valence-electron chi connectivity index (χ1n) is 3.90. The molecular formula is C9H13NO2. The maximum Gasteiger partial charge on any atom is 0.225 e. The van der Waals surface area contributed by atoms with Gasteiger partial charge in [0.1, 0.15) is 5.60 Å². The van der Waals surface area contributed by atoms with E-state index >= 15 is 0 Å². The maximum absolute atomic E-state index is 11.3. The molecule has 0 aromatic rings. The minimum atomic E-state index is -1.02. The molecule has 0 atom stereocenters.